The van der Waals surface area contributed by atoms with Gasteiger partial charge in [0.2, 0.25) is 0 Å². The maximum atomic E-state index is 11.1. The molecule has 0 saturated heterocycles. The molecule has 0 amide bonds. The number of hydrogen-bond donors (Lipinski definition) is 3. The van der Waals surface area contributed by atoms with Crippen LogP contribution < -0.4 is 5.32 Å². The molecule has 6 nitrogen and oxygen atoms in total. The number of phenols is 1. The molecule has 0 bridgehead atoms. The van der Waals surface area contributed by atoms with Gasteiger partial charge in [0.05, 0.1) is 0 Å². The van der Waals surface area contributed by atoms with Gasteiger partial charge in [0.1, 0.15) is 11.3 Å². The highest BCUT2D eigenvalue weighted by Gasteiger charge is 2.39. The van der Waals surface area contributed by atoms with Crippen molar-refractivity contribution >= 4 is 36.9 Å². The maximum Gasteiger partial charge on any atom is 0.339 e. The number of carbonyl (C=O) groups is 1. The number of hydrogen-bond acceptors (Lipinski definition) is 5. The third-order valence-corrected chi connectivity index (χ3v) is 13.0. The number of rotatable bonds is 10. The highest BCUT2D eigenvalue weighted by Crippen LogP contribution is 2.26. The van der Waals surface area contributed by atoms with Crippen LogP contribution in [-0.4, -0.2) is 47.9 Å². The van der Waals surface area contributed by atoms with E-state index in [4.69, 9.17) is 13.3 Å². The minimum absolute atomic E-state index is 0.0988. The lowest BCUT2D eigenvalue weighted by Gasteiger charge is -2.38. The van der Waals surface area contributed by atoms with Crippen molar-refractivity contribution in [3.8, 4) is 5.75 Å². The van der Waals surface area contributed by atoms with Gasteiger partial charge in [-0.1, -0.05) is 0 Å². The van der Waals surface area contributed by atoms with E-state index in [-0.39, 0.29) is 11.3 Å². The number of nitrogens with one attached hydrogen (secondary N) is 1. The Morgan fingerprint density at radius 1 is 1.04 bits per heavy atom. The monoisotopic (exact) mass is 415 g/mol. The normalized spacial score (nSPS) is 12.9. The minimum Gasteiger partial charge on any atom is -0.507 e. The van der Waals surface area contributed by atoms with E-state index >= 15 is 0 Å². The lowest BCUT2D eigenvalue weighted by atomic mass is 10.2. The molecule has 1 aromatic rings. The van der Waals surface area contributed by atoms with Gasteiger partial charge >= 0.3 is 14.5 Å². The van der Waals surface area contributed by atoms with E-state index < -0.39 is 31.2 Å². The molecule has 9 heteroatoms. The molecule has 0 aromatic heterocycles. The summed E-state index contributed by atoms with van der Waals surface area (Å²) in [7, 11) is -5.64. The Kier molecular flexibility index (Phi) is 7.66. The van der Waals surface area contributed by atoms with Crippen LogP contribution in [0.4, 0.5) is 5.69 Å². The highest BCUT2D eigenvalue weighted by atomic mass is 28.5. The fourth-order valence-corrected chi connectivity index (χ4v) is 15.4. The van der Waals surface area contributed by atoms with Crippen LogP contribution in [0.1, 0.15) is 16.8 Å². The first-order valence-corrected chi connectivity index (χ1v) is 18.3. The van der Waals surface area contributed by atoms with Gasteiger partial charge < -0.3 is 23.8 Å². The zero-order chi connectivity index (χ0) is 20.2. The first-order chi connectivity index (χ1) is 11.7. The van der Waals surface area contributed by atoms with Crippen LogP contribution in [-0.2, 0) is 8.23 Å². The molecule has 0 atom stereocenters. The minimum atomic E-state index is -2.25. The Morgan fingerprint density at radius 3 is 2.04 bits per heavy atom. The molecular weight excluding hydrogens is 382 g/mol. The average Bonchev–Trinajstić information content (AvgIpc) is 2.40. The predicted octanol–water partition coefficient (Wildman–Crippen LogP) is 4.67. The third kappa shape index (κ3) is 8.50. The van der Waals surface area contributed by atoms with E-state index in [1.165, 1.54) is 12.1 Å². The molecule has 0 heterocycles. The smallest absolute Gasteiger partial charge is 0.339 e. The van der Waals surface area contributed by atoms with Gasteiger partial charge in [-0.15, -0.1) is 0 Å². The van der Waals surface area contributed by atoms with Crippen molar-refractivity contribution in [2.75, 3.05) is 11.9 Å². The van der Waals surface area contributed by atoms with Gasteiger partial charge in [0, 0.05) is 12.2 Å². The molecule has 1 rings (SSSR count). The number of carboxylic acid groups (broad SMARTS) is 1. The van der Waals surface area contributed by atoms with Crippen LogP contribution >= 0.6 is 0 Å². The fraction of sp³-hybridized carbons (Fsp3) is 0.588. The molecule has 3 N–H and O–H groups in total. The van der Waals surface area contributed by atoms with Gasteiger partial charge in [0.15, 0.2) is 16.6 Å². The molecule has 0 fully saturated rings. The van der Waals surface area contributed by atoms with E-state index in [1.807, 2.05) is 0 Å². The van der Waals surface area contributed by atoms with Gasteiger partial charge in [-0.05, 0) is 76.5 Å². The number of carboxylic acids is 1. The van der Waals surface area contributed by atoms with E-state index in [0.29, 0.717) is 12.2 Å². The number of aromatic carboxylic acids is 1. The van der Waals surface area contributed by atoms with Crippen molar-refractivity contribution in [2.45, 2.75) is 58.3 Å². The summed E-state index contributed by atoms with van der Waals surface area (Å²) >= 11 is 0. The molecule has 0 unspecified atom stereocenters. The number of anilines is 1. The van der Waals surface area contributed by atoms with Crippen LogP contribution in [0.15, 0.2) is 18.2 Å². The summed E-state index contributed by atoms with van der Waals surface area (Å²) in [5.74, 6) is -1.37. The Labute approximate surface area is 160 Å². The Morgan fingerprint density at radius 2 is 1.58 bits per heavy atom. The number of benzene rings is 1. The summed E-state index contributed by atoms with van der Waals surface area (Å²) in [5, 5.41) is 21.9. The molecule has 0 saturated carbocycles. The van der Waals surface area contributed by atoms with E-state index in [2.05, 4.69) is 51.1 Å². The first-order valence-electron chi connectivity index (χ1n) is 8.91. The molecule has 0 spiro atoms. The first kappa shape index (κ1) is 22.9. The zero-order valence-electron chi connectivity index (χ0n) is 17.0. The molecule has 148 valence electrons. The largest absolute Gasteiger partial charge is 0.507 e. The molecular formula is C17H33NO5Si3. The molecule has 26 heavy (non-hydrogen) atoms. The Bertz CT molecular complexity index is 610. The van der Waals surface area contributed by atoms with Crippen LogP contribution in [0, 0.1) is 0 Å². The van der Waals surface area contributed by atoms with Crippen molar-refractivity contribution in [3.63, 3.8) is 0 Å². The second-order valence-electron chi connectivity index (χ2n) is 8.63. The summed E-state index contributed by atoms with van der Waals surface area (Å²) in [6.07, 6.45) is 0.876. The van der Waals surface area contributed by atoms with Gasteiger partial charge in [0.25, 0.3) is 0 Å². The van der Waals surface area contributed by atoms with E-state index in [0.717, 1.165) is 12.5 Å². The van der Waals surface area contributed by atoms with Crippen LogP contribution in [0.5, 0.6) is 5.75 Å². The Balaban J connectivity index is 2.67. The topological polar surface area (TPSA) is 88.0 Å². The van der Waals surface area contributed by atoms with Crippen molar-refractivity contribution in [1.82, 2.24) is 0 Å². The number of aromatic hydroxyl groups is 1. The quantitative estimate of drug-likeness (QED) is 0.292. The lowest BCUT2D eigenvalue weighted by Crippen LogP contribution is -2.52. The zero-order valence-corrected chi connectivity index (χ0v) is 20.0. The second kappa shape index (κ2) is 8.70. The van der Waals surface area contributed by atoms with Gasteiger partial charge in [-0.2, -0.15) is 0 Å². The summed E-state index contributed by atoms with van der Waals surface area (Å²) < 4.78 is 12.9. The highest BCUT2D eigenvalue weighted by molar-refractivity contribution is 6.87. The van der Waals surface area contributed by atoms with Crippen molar-refractivity contribution < 1.29 is 23.2 Å². The standard InChI is InChI=1S/C17H33NO5Si3/c1-24(2,3)22-26(7,23-25(4,5)6)12-8-11-18-14-9-10-16(19)15(13-14)17(20)21/h9-10,13,18-19H,8,11-12H2,1-7H3,(H,20,21). The Hall–Kier alpha value is -1.14. The molecule has 0 aliphatic heterocycles. The summed E-state index contributed by atoms with van der Waals surface area (Å²) in [6, 6.07) is 5.41. The van der Waals surface area contributed by atoms with Gasteiger partial charge in [-0.25, -0.2) is 4.79 Å². The maximum absolute atomic E-state index is 11.1. The van der Waals surface area contributed by atoms with Gasteiger partial charge in [-0.3, -0.25) is 0 Å². The van der Waals surface area contributed by atoms with Crippen LogP contribution in [0.3, 0.4) is 0 Å². The van der Waals surface area contributed by atoms with Crippen molar-refractivity contribution in [1.29, 1.82) is 0 Å². The van der Waals surface area contributed by atoms with Crippen LogP contribution in [0.25, 0.3) is 0 Å². The summed E-state index contributed by atoms with van der Waals surface area (Å²) in [5.41, 5.74) is 0.583. The SMILES string of the molecule is C[Si](C)(C)O[Si](C)(CCCNc1ccc(O)c(C(=O)O)c1)O[Si](C)(C)C. The predicted molar refractivity (Wildman–Crippen MR) is 113 cm³/mol. The second-order valence-corrected chi connectivity index (χ2v) is 21.5. The molecule has 0 aliphatic carbocycles. The van der Waals surface area contributed by atoms with E-state index in [1.54, 1.807) is 6.07 Å². The molecule has 0 radical (unpaired) electrons. The van der Waals surface area contributed by atoms with Crippen molar-refractivity contribution in [2.24, 2.45) is 0 Å². The fourth-order valence-electron chi connectivity index (χ4n) is 2.88. The average molecular weight is 416 g/mol. The molecule has 0 aliphatic rings. The third-order valence-electron chi connectivity index (χ3n) is 3.41. The lowest BCUT2D eigenvalue weighted by molar-refractivity contribution is 0.0693. The van der Waals surface area contributed by atoms with E-state index in [9.17, 15) is 9.90 Å². The van der Waals surface area contributed by atoms with Crippen molar-refractivity contribution in [3.05, 3.63) is 23.8 Å². The molecule has 1 aromatic carbocycles. The summed E-state index contributed by atoms with van der Waals surface area (Å²) in [6.45, 7) is 16.0. The summed E-state index contributed by atoms with van der Waals surface area (Å²) in [4.78, 5) is 11.1. The van der Waals surface area contributed by atoms with Crippen LogP contribution in [0.2, 0.25) is 51.9 Å².